The highest BCUT2D eigenvalue weighted by Crippen LogP contribution is 2.21. The van der Waals surface area contributed by atoms with Crippen LogP contribution in [0, 0.1) is 11.8 Å². The summed E-state index contributed by atoms with van der Waals surface area (Å²) in [6.45, 7) is 6.45. The van der Waals surface area contributed by atoms with Crippen molar-refractivity contribution in [3.8, 4) is 0 Å². The van der Waals surface area contributed by atoms with E-state index in [0.29, 0.717) is 30.7 Å². The first kappa shape index (κ1) is 14.9. The monoisotopic (exact) mass is 262 g/mol. The van der Waals surface area contributed by atoms with Crippen molar-refractivity contribution in [2.45, 2.75) is 33.1 Å². The lowest BCUT2D eigenvalue weighted by atomic mass is 10.1. The van der Waals surface area contributed by atoms with E-state index in [4.69, 9.17) is 0 Å². The second-order valence-electron chi connectivity index (χ2n) is 5.03. The van der Waals surface area contributed by atoms with Gasteiger partial charge in [-0.05, 0) is 31.8 Å². The minimum absolute atomic E-state index is 0.309. The molecule has 0 saturated carbocycles. The van der Waals surface area contributed by atoms with E-state index >= 15 is 0 Å². The number of hydrogen-bond acceptors (Lipinski definition) is 3. The van der Waals surface area contributed by atoms with Gasteiger partial charge in [-0.3, -0.25) is 0 Å². The summed E-state index contributed by atoms with van der Waals surface area (Å²) in [5.41, 5.74) is 0. The number of nitrogens with zero attached hydrogens (tertiary/aromatic N) is 1. The molecule has 5 heteroatoms. The van der Waals surface area contributed by atoms with Crippen molar-refractivity contribution in [1.29, 1.82) is 0 Å². The molecule has 1 aliphatic rings. The molecule has 4 nitrogen and oxygen atoms in total. The molecule has 1 heterocycles. The van der Waals surface area contributed by atoms with Crippen molar-refractivity contribution in [3.63, 3.8) is 0 Å². The lowest BCUT2D eigenvalue weighted by Crippen LogP contribution is -2.34. The van der Waals surface area contributed by atoms with E-state index in [0.717, 1.165) is 25.8 Å². The quantitative estimate of drug-likeness (QED) is 0.752. The van der Waals surface area contributed by atoms with Crippen LogP contribution in [0.1, 0.15) is 33.1 Å². The van der Waals surface area contributed by atoms with Crippen LogP contribution in [-0.4, -0.2) is 45.2 Å². The third kappa shape index (κ3) is 4.23. The molecule has 102 valence electrons. The van der Waals surface area contributed by atoms with Crippen molar-refractivity contribution < 1.29 is 8.42 Å². The Hall–Kier alpha value is -0.130. The molecule has 1 saturated heterocycles. The molecule has 0 radical (unpaired) electrons. The molecule has 0 amide bonds. The Morgan fingerprint density at radius 2 is 2.00 bits per heavy atom. The predicted octanol–water partition coefficient (Wildman–Crippen LogP) is 1.29. The summed E-state index contributed by atoms with van der Waals surface area (Å²) in [6, 6.07) is 0. The largest absolute Gasteiger partial charge is 0.319 e. The molecule has 0 bridgehead atoms. The lowest BCUT2D eigenvalue weighted by Gasteiger charge is -2.20. The zero-order chi connectivity index (χ0) is 12.9. The minimum atomic E-state index is -3.03. The molecule has 1 unspecified atom stereocenters. The first-order valence-corrected chi connectivity index (χ1v) is 8.26. The normalized spacial score (nSPS) is 22.5. The highest BCUT2D eigenvalue weighted by atomic mass is 32.2. The summed E-state index contributed by atoms with van der Waals surface area (Å²) in [4.78, 5) is 0. The SMILES string of the molecule is CCC(CC)CS(=O)(=O)N1CCC(CNC)C1. The Bertz CT molecular complexity index is 312. The highest BCUT2D eigenvalue weighted by Gasteiger charge is 2.31. The van der Waals surface area contributed by atoms with Crippen molar-refractivity contribution >= 4 is 10.0 Å². The third-order valence-corrected chi connectivity index (χ3v) is 5.75. The minimum Gasteiger partial charge on any atom is -0.319 e. The van der Waals surface area contributed by atoms with Crippen LogP contribution in [0.4, 0.5) is 0 Å². The fourth-order valence-corrected chi connectivity index (χ4v) is 4.53. The van der Waals surface area contributed by atoms with E-state index in [9.17, 15) is 8.42 Å². The maximum atomic E-state index is 12.2. The fourth-order valence-electron chi connectivity index (χ4n) is 2.43. The number of rotatable bonds is 7. The fraction of sp³-hybridized carbons (Fsp3) is 1.00. The van der Waals surface area contributed by atoms with Gasteiger partial charge in [0.15, 0.2) is 0 Å². The van der Waals surface area contributed by atoms with Crippen LogP contribution >= 0.6 is 0 Å². The maximum absolute atomic E-state index is 12.2. The Labute approximate surface area is 106 Å². The van der Waals surface area contributed by atoms with Gasteiger partial charge in [0.1, 0.15) is 0 Å². The lowest BCUT2D eigenvalue weighted by molar-refractivity contribution is 0.436. The van der Waals surface area contributed by atoms with Crippen LogP contribution in [0.5, 0.6) is 0 Å². The Balaban J connectivity index is 2.54. The summed E-state index contributed by atoms with van der Waals surface area (Å²) in [7, 11) is -1.11. The first-order chi connectivity index (χ1) is 8.03. The topological polar surface area (TPSA) is 49.4 Å². The van der Waals surface area contributed by atoms with E-state index in [1.165, 1.54) is 0 Å². The first-order valence-electron chi connectivity index (χ1n) is 6.65. The smallest absolute Gasteiger partial charge is 0.214 e. The number of sulfonamides is 1. The van der Waals surface area contributed by atoms with Crippen LogP contribution in [0.3, 0.4) is 0 Å². The molecule has 0 aromatic heterocycles. The maximum Gasteiger partial charge on any atom is 0.214 e. The Morgan fingerprint density at radius 1 is 1.35 bits per heavy atom. The van der Waals surface area contributed by atoms with Gasteiger partial charge in [-0.25, -0.2) is 12.7 Å². The van der Waals surface area contributed by atoms with Gasteiger partial charge >= 0.3 is 0 Å². The molecule has 1 N–H and O–H groups in total. The van der Waals surface area contributed by atoms with Crippen LogP contribution in [0.25, 0.3) is 0 Å². The molecule has 1 fully saturated rings. The van der Waals surface area contributed by atoms with Crippen LogP contribution in [-0.2, 0) is 10.0 Å². The van der Waals surface area contributed by atoms with Gasteiger partial charge in [0, 0.05) is 13.1 Å². The van der Waals surface area contributed by atoms with E-state index in [1.54, 1.807) is 4.31 Å². The van der Waals surface area contributed by atoms with Crippen molar-refractivity contribution in [2.24, 2.45) is 11.8 Å². The Kier molecular flexibility index (Phi) is 5.89. The molecule has 0 aromatic rings. The summed E-state index contributed by atoms with van der Waals surface area (Å²) in [5.74, 6) is 1.12. The predicted molar refractivity (Wildman–Crippen MR) is 71.5 cm³/mol. The van der Waals surface area contributed by atoms with Gasteiger partial charge in [-0.1, -0.05) is 26.7 Å². The third-order valence-electron chi connectivity index (χ3n) is 3.74. The van der Waals surface area contributed by atoms with Gasteiger partial charge in [0.25, 0.3) is 0 Å². The molecule has 0 spiro atoms. The molecule has 17 heavy (non-hydrogen) atoms. The Morgan fingerprint density at radius 3 is 2.53 bits per heavy atom. The zero-order valence-electron chi connectivity index (χ0n) is 11.3. The number of nitrogens with one attached hydrogen (secondary N) is 1. The summed E-state index contributed by atoms with van der Waals surface area (Å²) in [6.07, 6.45) is 2.88. The van der Waals surface area contributed by atoms with E-state index < -0.39 is 10.0 Å². The zero-order valence-corrected chi connectivity index (χ0v) is 12.1. The van der Waals surface area contributed by atoms with Crippen molar-refractivity contribution in [1.82, 2.24) is 9.62 Å². The highest BCUT2D eigenvalue weighted by molar-refractivity contribution is 7.89. The summed E-state index contributed by atoms with van der Waals surface area (Å²) >= 11 is 0. The van der Waals surface area contributed by atoms with Crippen molar-refractivity contribution in [2.75, 3.05) is 32.4 Å². The van der Waals surface area contributed by atoms with Crippen LogP contribution < -0.4 is 5.32 Å². The summed E-state index contributed by atoms with van der Waals surface area (Å²) < 4.78 is 26.1. The van der Waals surface area contributed by atoms with Gasteiger partial charge in [-0.15, -0.1) is 0 Å². The second kappa shape index (κ2) is 6.71. The standard InChI is InChI=1S/C12H26N2O2S/c1-4-11(5-2)10-17(15,16)14-7-6-12(9-14)8-13-3/h11-13H,4-10H2,1-3H3. The van der Waals surface area contributed by atoms with E-state index in [1.807, 2.05) is 7.05 Å². The average Bonchev–Trinajstić information content (AvgIpc) is 2.76. The molecule has 0 aliphatic carbocycles. The number of hydrogen-bond donors (Lipinski definition) is 1. The van der Waals surface area contributed by atoms with Gasteiger partial charge < -0.3 is 5.32 Å². The second-order valence-corrected chi connectivity index (χ2v) is 7.05. The molecule has 1 aliphatic heterocycles. The van der Waals surface area contributed by atoms with E-state index in [2.05, 4.69) is 19.2 Å². The summed E-state index contributed by atoms with van der Waals surface area (Å²) in [5, 5.41) is 3.12. The van der Waals surface area contributed by atoms with Crippen LogP contribution in [0.2, 0.25) is 0 Å². The molecule has 0 aromatic carbocycles. The van der Waals surface area contributed by atoms with Gasteiger partial charge in [0.2, 0.25) is 10.0 Å². The molecule has 1 rings (SSSR count). The van der Waals surface area contributed by atoms with Gasteiger partial charge in [0.05, 0.1) is 5.75 Å². The van der Waals surface area contributed by atoms with Gasteiger partial charge in [-0.2, -0.15) is 0 Å². The molecular formula is C12H26N2O2S. The van der Waals surface area contributed by atoms with E-state index in [-0.39, 0.29) is 0 Å². The molecular weight excluding hydrogens is 236 g/mol. The molecule has 1 atom stereocenters. The van der Waals surface area contributed by atoms with Crippen molar-refractivity contribution in [3.05, 3.63) is 0 Å². The van der Waals surface area contributed by atoms with Crippen LogP contribution in [0.15, 0.2) is 0 Å². The average molecular weight is 262 g/mol.